The van der Waals surface area contributed by atoms with Crippen LogP contribution in [0.1, 0.15) is 44.9 Å². The number of rotatable bonds is 4. The second-order valence-electron chi connectivity index (χ2n) is 7.58. The number of amides is 3. The summed E-state index contributed by atoms with van der Waals surface area (Å²) in [5.41, 5.74) is 0. The largest absolute Gasteiger partial charge is 0.353 e. The zero-order valence-corrected chi connectivity index (χ0v) is 13.4. The molecule has 0 spiro atoms. The minimum Gasteiger partial charge on any atom is -0.353 e. The highest BCUT2D eigenvalue weighted by molar-refractivity contribution is 6.05. The van der Waals surface area contributed by atoms with Gasteiger partial charge in [-0.05, 0) is 43.9 Å². The highest BCUT2D eigenvalue weighted by atomic mass is 16.2. The van der Waals surface area contributed by atoms with Gasteiger partial charge in [-0.3, -0.25) is 19.3 Å². The minimum absolute atomic E-state index is 0.0175. The van der Waals surface area contributed by atoms with Gasteiger partial charge in [0.1, 0.15) is 0 Å². The molecular weight excluding hydrogens is 292 g/mol. The quantitative estimate of drug-likeness (QED) is 0.633. The molecule has 5 nitrogen and oxygen atoms in total. The van der Waals surface area contributed by atoms with E-state index in [1.807, 2.05) is 12.2 Å². The fourth-order valence-corrected chi connectivity index (χ4v) is 5.00. The van der Waals surface area contributed by atoms with E-state index >= 15 is 0 Å². The molecule has 5 heteroatoms. The highest BCUT2D eigenvalue weighted by Crippen LogP contribution is 2.44. The lowest BCUT2D eigenvalue weighted by Gasteiger charge is -2.23. The molecule has 3 amide bonds. The number of fused-ring (bicyclic) bond motifs is 3. The summed E-state index contributed by atoms with van der Waals surface area (Å²) in [4.78, 5) is 38.2. The molecule has 124 valence electrons. The summed E-state index contributed by atoms with van der Waals surface area (Å²) in [5, 5.41) is 3.13. The molecular formula is C18H24N2O3. The smallest absolute Gasteiger partial charge is 0.233 e. The molecule has 0 radical (unpaired) electrons. The molecule has 4 rings (SSSR count). The maximum Gasteiger partial charge on any atom is 0.233 e. The summed E-state index contributed by atoms with van der Waals surface area (Å²) < 4.78 is 0. The summed E-state index contributed by atoms with van der Waals surface area (Å²) in [6, 6.07) is 0.318. The van der Waals surface area contributed by atoms with Crippen molar-refractivity contribution in [3.63, 3.8) is 0 Å². The predicted molar refractivity (Wildman–Crippen MR) is 84.1 cm³/mol. The van der Waals surface area contributed by atoms with Crippen LogP contribution in [0.5, 0.6) is 0 Å². The Kier molecular flexibility index (Phi) is 3.74. The number of likely N-dealkylation sites (tertiary alicyclic amines) is 1. The van der Waals surface area contributed by atoms with Crippen molar-refractivity contribution in [2.45, 2.75) is 51.0 Å². The Morgan fingerprint density at radius 3 is 2.35 bits per heavy atom. The number of nitrogens with one attached hydrogen (secondary N) is 1. The van der Waals surface area contributed by atoms with Crippen molar-refractivity contribution in [3.8, 4) is 0 Å². The van der Waals surface area contributed by atoms with Crippen LogP contribution in [0.15, 0.2) is 12.2 Å². The number of allylic oxidation sites excluding steroid dienone is 2. The molecule has 1 N–H and O–H groups in total. The first kappa shape index (κ1) is 14.9. The van der Waals surface area contributed by atoms with Crippen LogP contribution in [-0.4, -0.2) is 35.2 Å². The van der Waals surface area contributed by atoms with Crippen LogP contribution in [0.4, 0.5) is 0 Å². The number of carbonyl (C=O) groups is 3. The Morgan fingerprint density at radius 2 is 1.78 bits per heavy atom. The first-order chi connectivity index (χ1) is 11.1. The summed E-state index contributed by atoms with van der Waals surface area (Å²) >= 11 is 0. The van der Waals surface area contributed by atoms with Crippen LogP contribution in [0.25, 0.3) is 0 Å². The average molecular weight is 316 g/mol. The van der Waals surface area contributed by atoms with Crippen LogP contribution in [-0.2, 0) is 14.4 Å². The van der Waals surface area contributed by atoms with Crippen LogP contribution >= 0.6 is 0 Å². The van der Waals surface area contributed by atoms with Crippen LogP contribution < -0.4 is 5.32 Å². The Bertz CT molecular complexity index is 545. The van der Waals surface area contributed by atoms with Crippen LogP contribution in [0.3, 0.4) is 0 Å². The first-order valence-corrected chi connectivity index (χ1v) is 8.93. The summed E-state index contributed by atoms with van der Waals surface area (Å²) in [7, 11) is 0. The lowest BCUT2D eigenvalue weighted by Crippen LogP contribution is -2.41. The van der Waals surface area contributed by atoms with E-state index in [1.54, 1.807) is 0 Å². The predicted octanol–water partition coefficient (Wildman–Crippen LogP) is 1.63. The van der Waals surface area contributed by atoms with E-state index in [4.69, 9.17) is 0 Å². The van der Waals surface area contributed by atoms with Crippen molar-refractivity contribution in [3.05, 3.63) is 12.2 Å². The molecule has 4 aliphatic rings. The lowest BCUT2D eigenvalue weighted by molar-refractivity contribution is -0.140. The minimum atomic E-state index is -0.193. The molecule has 0 aromatic rings. The van der Waals surface area contributed by atoms with Gasteiger partial charge >= 0.3 is 0 Å². The molecule has 3 aliphatic carbocycles. The molecule has 0 aromatic heterocycles. The summed E-state index contributed by atoms with van der Waals surface area (Å²) in [6.45, 7) is 0.233. The zero-order valence-electron chi connectivity index (χ0n) is 13.4. The van der Waals surface area contributed by atoms with Gasteiger partial charge in [-0.1, -0.05) is 18.6 Å². The maximum atomic E-state index is 12.4. The zero-order chi connectivity index (χ0) is 16.0. The number of imide groups is 1. The standard InChI is InChI=1S/C18H24N2O3/c21-16(19-15-10-11-5-6-12(15)9-11)7-8-20-17(22)13-3-1-2-4-14(13)18(20)23/h1-2,11-15H,3-10H2,(H,19,21)/t11-,12-,13-,14+,15-/m1/s1. The van der Waals surface area contributed by atoms with E-state index < -0.39 is 0 Å². The third-order valence-corrected chi connectivity index (χ3v) is 6.25. The van der Waals surface area contributed by atoms with Crippen molar-refractivity contribution >= 4 is 17.7 Å². The molecule has 2 bridgehead atoms. The van der Waals surface area contributed by atoms with Crippen molar-refractivity contribution in [1.82, 2.24) is 10.2 Å². The number of hydrogen-bond acceptors (Lipinski definition) is 3. The van der Waals surface area contributed by atoms with Crippen molar-refractivity contribution in [2.24, 2.45) is 23.7 Å². The Labute approximate surface area is 136 Å². The van der Waals surface area contributed by atoms with E-state index in [-0.39, 0.29) is 42.5 Å². The molecule has 0 aromatic carbocycles. The summed E-state index contributed by atoms with van der Waals surface area (Å²) in [5.74, 6) is 0.864. The normalized spacial score (nSPS) is 38.3. The van der Waals surface area contributed by atoms with Gasteiger partial charge in [0, 0.05) is 19.0 Å². The van der Waals surface area contributed by atoms with E-state index in [9.17, 15) is 14.4 Å². The average Bonchev–Trinajstić information content (AvgIpc) is 3.22. The molecule has 0 unspecified atom stereocenters. The Hall–Kier alpha value is -1.65. The molecule has 1 heterocycles. The van der Waals surface area contributed by atoms with Gasteiger partial charge in [-0.2, -0.15) is 0 Å². The van der Waals surface area contributed by atoms with E-state index in [0.29, 0.717) is 24.8 Å². The van der Waals surface area contributed by atoms with Crippen LogP contribution in [0, 0.1) is 23.7 Å². The van der Waals surface area contributed by atoms with Crippen molar-refractivity contribution in [1.29, 1.82) is 0 Å². The van der Waals surface area contributed by atoms with Crippen molar-refractivity contribution in [2.75, 3.05) is 6.54 Å². The topological polar surface area (TPSA) is 66.5 Å². The third-order valence-electron chi connectivity index (χ3n) is 6.25. The fraction of sp³-hybridized carbons (Fsp3) is 0.722. The lowest BCUT2D eigenvalue weighted by atomic mass is 9.85. The van der Waals surface area contributed by atoms with Gasteiger partial charge < -0.3 is 5.32 Å². The summed E-state index contributed by atoms with van der Waals surface area (Å²) in [6.07, 6.45) is 10.4. The third kappa shape index (κ3) is 2.60. The van der Waals surface area contributed by atoms with E-state index in [1.165, 1.54) is 24.2 Å². The number of carbonyl (C=O) groups excluding carboxylic acids is 3. The molecule has 1 saturated heterocycles. The van der Waals surface area contributed by atoms with Crippen molar-refractivity contribution < 1.29 is 14.4 Å². The number of hydrogen-bond donors (Lipinski definition) is 1. The van der Waals surface area contributed by atoms with Gasteiger partial charge in [0.2, 0.25) is 17.7 Å². The van der Waals surface area contributed by atoms with Gasteiger partial charge in [0.15, 0.2) is 0 Å². The van der Waals surface area contributed by atoms with E-state index in [0.717, 1.165) is 12.3 Å². The van der Waals surface area contributed by atoms with Crippen LogP contribution in [0.2, 0.25) is 0 Å². The molecule has 5 atom stereocenters. The van der Waals surface area contributed by atoms with E-state index in [2.05, 4.69) is 5.32 Å². The Morgan fingerprint density at radius 1 is 1.09 bits per heavy atom. The highest BCUT2D eigenvalue weighted by Gasteiger charge is 2.47. The second-order valence-corrected chi connectivity index (χ2v) is 7.58. The van der Waals surface area contributed by atoms with Gasteiger partial charge in [0.25, 0.3) is 0 Å². The number of nitrogens with zero attached hydrogens (tertiary/aromatic N) is 1. The van der Waals surface area contributed by atoms with Gasteiger partial charge in [0.05, 0.1) is 11.8 Å². The maximum absolute atomic E-state index is 12.4. The monoisotopic (exact) mass is 316 g/mol. The first-order valence-electron chi connectivity index (χ1n) is 8.93. The Balaban J connectivity index is 1.30. The molecule has 23 heavy (non-hydrogen) atoms. The second kappa shape index (κ2) is 5.77. The fourth-order valence-electron chi connectivity index (χ4n) is 5.00. The SMILES string of the molecule is O=C(CCN1C(=O)[C@H]2CC=CC[C@H]2C1=O)N[C@@H]1C[C@@H]2CC[C@@H]1C2. The van der Waals surface area contributed by atoms with Gasteiger partial charge in [-0.25, -0.2) is 0 Å². The molecule has 2 saturated carbocycles. The van der Waals surface area contributed by atoms with Gasteiger partial charge in [-0.15, -0.1) is 0 Å². The molecule has 1 aliphatic heterocycles. The molecule has 3 fully saturated rings.